The molecule has 0 saturated heterocycles. The largest absolute Gasteiger partial charge is 0.467 e. The summed E-state index contributed by atoms with van der Waals surface area (Å²) in [7, 11) is -2.35. The van der Waals surface area contributed by atoms with Gasteiger partial charge in [-0.05, 0) is 53.8 Å². The van der Waals surface area contributed by atoms with E-state index in [2.05, 4.69) is 9.97 Å². The number of hydrogen-bond acceptors (Lipinski definition) is 6. The van der Waals surface area contributed by atoms with Crippen LogP contribution in [0.5, 0.6) is 5.88 Å². The van der Waals surface area contributed by atoms with Crippen LogP contribution in [0.4, 0.5) is 0 Å². The summed E-state index contributed by atoms with van der Waals surface area (Å²) < 4.78 is 31.4. The first-order valence-corrected chi connectivity index (χ1v) is 13.8. The van der Waals surface area contributed by atoms with Crippen molar-refractivity contribution in [3.63, 3.8) is 0 Å². The first-order valence-electron chi connectivity index (χ1n) is 11.9. The lowest BCUT2D eigenvalue weighted by Crippen LogP contribution is -2.40. The highest BCUT2D eigenvalue weighted by Gasteiger charge is 2.32. The number of carbonyl (C=O) groups is 1. The van der Waals surface area contributed by atoms with Gasteiger partial charge in [0, 0.05) is 31.4 Å². The monoisotopic (exact) mass is 551 g/mol. The lowest BCUT2D eigenvalue weighted by atomic mass is 9.97. The van der Waals surface area contributed by atoms with Gasteiger partial charge in [-0.3, -0.25) is 4.79 Å². The van der Waals surface area contributed by atoms with Gasteiger partial charge >= 0.3 is 0 Å². The number of hydrogen-bond donors (Lipinski definition) is 1. The Morgan fingerprint density at radius 2 is 1.79 bits per heavy atom. The van der Waals surface area contributed by atoms with E-state index in [1.165, 1.54) is 16.8 Å². The molecule has 0 aliphatic carbocycles. The zero-order valence-electron chi connectivity index (χ0n) is 21.1. The van der Waals surface area contributed by atoms with Gasteiger partial charge < -0.3 is 14.2 Å². The minimum absolute atomic E-state index is 0.0523. The molecule has 9 nitrogen and oxygen atoms in total. The van der Waals surface area contributed by atoms with E-state index >= 15 is 0 Å². The second-order valence-electron chi connectivity index (χ2n) is 9.34. The Balaban J connectivity index is 1.49. The summed E-state index contributed by atoms with van der Waals surface area (Å²) in [4.78, 5) is 23.7. The molecule has 5 rings (SSSR count). The van der Waals surface area contributed by atoms with E-state index in [1.807, 2.05) is 56.3 Å². The minimum Gasteiger partial charge on any atom is -0.467 e. The van der Waals surface area contributed by atoms with Crippen molar-refractivity contribution in [2.45, 2.75) is 31.4 Å². The molecule has 2 aromatic heterocycles. The third kappa shape index (κ3) is 5.02. The Bertz CT molecular complexity index is 1650. The van der Waals surface area contributed by atoms with Gasteiger partial charge in [0.2, 0.25) is 21.2 Å². The molecule has 1 unspecified atom stereocenters. The molecule has 1 aliphatic heterocycles. The van der Waals surface area contributed by atoms with E-state index < -0.39 is 16.1 Å². The molecule has 0 saturated carbocycles. The number of rotatable bonds is 5. The molecule has 4 aromatic rings. The summed E-state index contributed by atoms with van der Waals surface area (Å²) in [5.74, 6) is -0.0606. The third-order valence-electron chi connectivity index (χ3n) is 6.64. The molecule has 2 N–H and O–H groups in total. The van der Waals surface area contributed by atoms with Gasteiger partial charge in [-0.15, -0.1) is 0 Å². The number of fused-ring (bicyclic) bond motifs is 1. The molecule has 2 aromatic carbocycles. The SMILES string of the molecule is Cc1cccc(C)c1-c1cc(OC2CN(C(=O)c3cc(S(N)(=O)=O)cn3C)Cc3ccccc32)nc(Cl)n1. The quantitative estimate of drug-likeness (QED) is 0.372. The highest BCUT2D eigenvalue weighted by atomic mass is 35.5. The Hall–Kier alpha value is -3.73. The van der Waals surface area contributed by atoms with Crippen LogP contribution in [0.2, 0.25) is 5.28 Å². The zero-order chi connectivity index (χ0) is 27.2. The third-order valence-corrected chi connectivity index (χ3v) is 7.69. The molecule has 196 valence electrons. The van der Waals surface area contributed by atoms with Gasteiger partial charge in [0.1, 0.15) is 16.7 Å². The van der Waals surface area contributed by atoms with Crippen molar-refractivity contribution in [3.05, 3.63) is 94.0 Å². The van der Waals surface area contributed by atoms with E-state index in [0.29, 0.717) is 12.2 Å². The number of ether oxygens (including phenoxy) is 1. The predicted octanol–water partition coefficient (Wildman–Crippen LogP) is 4.18. The van der Waals surface area contributed by atoms with Crippen LogP contribution in [0, 0.1) is 13.8 Å². The zero-order valence-corrected chi connectivity index (χ0v) is 22.6. The molecule has 3 heterocycles. The number of carbonyl (C=O) groups excluding carboxylic acids is 1. The lowest BCUT2D eigenvalue weighted by molar-refractivity contribution is 0.0580. The fraction of sp³-hybridized carbons (Fsp3) is 0.222. The average molecular weight is 552 g/mol. The number of halogens is 1. The highest BCUT2D eigenvalue weighted by molar-refractivity contribution is 7.89. The van der Waals surface area contributed by atoms with Gasteiger partial charge in [0.25, 0.3) is 5.91 Å². The standard InChI is InChI=1S/C27H26ClN5O4S/c1-16-7-6-8-17(2)25(16)21-12-24(31-27(28)30-21)37-23-15-33(13-18-9-4-5-10-20(18)23)26(34)22-11-19(14-32(22)3)38(29,35)36/h4-12,14,23H,13,15H2,1-3H3,(H2,29,35,36). The molecule has 38 heavy (non-hydrogen) atoms. The Morgan fingerprint density at radius 3 is 2.47 bits per heavy atom. The number of amides is 1. The van der Waals surface area contributed by atoms with Crippen LogP contribution >= 0.6 is 11.6 Å². The molecule has 1 aliphatic rings. The van der Waals surface area contributed by atoms with Crippen molar-refractivity contribution in [2.24, 2.45) is 12.2 Å². The van der Waals surface area contributed by atoms with Crippen molar-refractivity contribution in [1.29, 1.82) is 0 Å². The number of aromatic nitrogens is 3. The highest BCUT2D eigenvalue weighted by Crippen LogP contribution is 2.34. The van der Waals surface area contributed by atoms with Crippen molar-refractivity contribution in [2.75, 3.05) is 6.54 Å². The van der Waals surface area contributed by atoms with Gasteiger partial charge in [-0.1, -0.05) is 42.5 Å². The first kappa shape index (κ1) is 25.9. The maximum absolute atomic E-state index is 13.5. The van der Waals surface area contributed by atoms with E-state index in [-0.39, 0.29) is 34.2 Å². The van der Waals surface area contributed by atoms with Gasteiger partial charge in [0.15, 0.2) is 0 Å². The number of nitrogens with two attached hydrogens (primary N) is 1. The van der Waals surface area contributed by atoms with Crippen LogP contribution in [-0.4, -0.2) is 40.3 Å². The fourth-order valence-corrected chi connectivity index (χ4v) is 5.59. The van der Waals surface area contributed by atoms with Crippen molar-refractivity contribution < 1.29 is 17.9 Å². The predicted molar refractivity (Wildman–Crippen MR) is 143 cm³/mol. The maximum Gasteiger partial charge on any atom is 0.270 e. The van der Waals surface area contributed by atoms with E-state index in [0.717, 1.165) is 27.8 Å². The molecule has 1 amide bonds. The van der Waals surface area contributed by atoms with Crippen LogP contribution in [-0.2, 0) is 23.6 Å². The van der Waals surface area contributed by atoms with Crippen LogP contribution in [0.15, 0.2) is 65.7 Å². The Labute approximate surface area is 225 Å². The fourth-order valence-electron chi connectivity index (χ4n) is 4.83. The molecule has 0 radical (unpaired) electrons. The average Bonchev–Trinajstić information content (AvgIpc) is 3.25. The summed E-state index contributed by atoms with van der Waals surface area (Å²) >= 11 is 6.31. The van der Waals surface area contributed by atoms with Crippen molar-refractivity contribution in [1.82, 2.24) is 19.4 Å². The van der Waals surface area contributed by atoms with E-state index in [4.69, 9.17) is 21.5 Å². The smallest absolute Gasteiger partial charge is 0.270 e. The van der Waals surface area contributed by atoms with Gasteiger partial charge in [-0.2, -0.15) is 4.98 Å². The number of nitrogens with zero attached hydrogens (tertiary/aromatic N) is 4. The Kier molecular flexibility index (Phi) is 6.72. The Morgan fingerprint density at radius 1 is 1.08 bits per heavy atom. The summed E-state index contributed by atoms with van der Waals surface area (Å²) in [6.45, 7) is 4.56. The minimum atomic E-state index is -3.95. The second-order valence-corrected chi connectivity index (χ2v) is 11.2. The summed E-state index contributed by atoms with van der Waals surface area (Å²) in [6.07, 6.45) is 0.783. The number of aryl methyl sites for hydroxylation is 3. The molecule has 0 fully saturated rings. The molecule has 1 atom stereocenters. The van der Waals surface area contributed by atoms with Gasteiger partial charge in [0.05, 0.1) is 12.2 Å². The van der Waals surface area contributed by atoms with Gasteiger partial charge in [-0.25, -0.2) is 18.5 Å². The van der Waals surface area contributed by atoms with E-state index in [9.17, 15) is 13.2 Å². The van der Waals surface area contributed by atoms with E-state index in [1.54, 1.807) is 18.0 Å². The summed E-state index contributed by atoms with van der Waals surface area (Å²) in [5, 5.41) is 5.32. The van der Waals surface area contributed by atoms with Crippen LogP contribution in [0.25, 0.3) is 11.3 Å². The second kappa shape index (κ2) is 9.86. The maximum atomic E-state index is 13.5. The summed E-state index contributed by atoms with van der Waals surface area (Å²) in [6, 6.07) is 16.7. The lowest BCUT2D eigenvalue weighted by Gasteiger charge is -2.34. The van der Waals surface area contributed by atoms with Crippen LogP contribution in [0.1, 0.15) is 38.8 Å². The summed E-state index contributed by atoms with van der Waals surface area (Å²) in [5.41, 5.74) is 5.74. The molecule has 11 heteroatoms. The first-order chi connectivity index (χ1) is 18.0. The van der Waals surface area contributed by atoms with Crippen molar-refractivity contribution in [3.8, 4) is 17.1 Å². The topological polar surface area (TPSA) is 120 Å². The molecular weight excluding hydrogens is 526 g/mol. The number of sulfonamides is 1. The van der Waals surface area contributed by atoms with Crippen LogP contribution in [0.3, 0.4) is 0 Å². The van der Waals surface area contributed by atoms with Crippen LogP contribution < -0.4 is 9.88 Å². The van der Waals surface area contributed by atoms with Crippen molar-refractivity contribution >= 4 is 27.5 Å². The number of benzene rings is 2. The number of primary sulfonamides is 1. The molecular formula is C27H26ClN5O4S. The molecule has 0 spiro atoms. The molecule has 0 bridgehead atoms. The normalized spacial score (nSPS) is 15.3.